The van der Waals surface area contributed by atoms with Crippen molar-refractivity contribution in [1.29, 1.82) is 0 Å². The summed E-state index contributed by atoms with van der Waals surface area (Å²) in [5, 5.41) is 12.7. The molecule has 0 saturated heterocycles. The van der Waals surface area contributed by atoms with E-state index in [1.54, 1.807) is 24.9 Å². The van der Waals surface area contributed by atoms with E-state index in [4.69, 9.17) is 14.6 Å². The normalized spacial score (nSPS) is 16.2. The zero-order valence-corrected chi connectivity index (χ0v) is 22.4. The van der Waals surface area contributed by atoms with Crippen LogP contribution in [0.2, 0.25) is 0 Å². The van der Waals surface area contributed by atoms with Crippen molar-refractivity contribution in [3.05, 3.63) is 47.3 Å². The third-order valence-corrected chi connectivity index (χ3v) is 6.11. The van der Waals surface area contributed by atoms with Crippen molar-refractivity contribution >= 4 is 23.4 Å². The first-order valence-electron chi connectivity index (χ1n) is 12.2. The van der Waals surface area contributed by atoms with Crippen LogP contribution in [0.3, 0.4) is 0 Å². The smallest absolute Gasteiger partial charge is 0.330 e. The van der Waals surface area contributed by atoms with Gasteiger partial charge in [-0.2, -0.15) is 0 Å². The van der Waals surface area contributed by atoms with Gasteiger partial charge in [0.15, 0.2) is 5.84 Å². The summed E-state index contributed by atoms with van der Waals surface area (Å²) in [4.78, 5) is 25.6. The summed E-state index contributed by atoms with van der Waals surface area (Å²) in [6.07, 6.45) is 2.49. The number of carbonyl (C=O) groups excluding carboxylic acids is 2. The van der Waals surface area contributed by atoms with Crippen LogP contribution in [0.1, 0.15) is 73.3 Å². The largest absolute Gasteiger partial charge is 0.493 e. The molecule has 1 aliphatic rings. The van der Waals surface area contributed by atoms with Crippen LogP contribution in [0.4, 0.5) is 5.69 Å². The minimum atomic E-state index is -0.957. The number of amidine groups is 1. The molecule has 0 radical (unpaired) electrons. The van der Waals surface area contributed by atoms with E-state index in [-0.39, 0.29) is 11.8 Å². The Morgan fingerprint density at radius 3 is 2.54 bits per heavy atom. The molecular weight excluding hydrogens is 444 g/mol. The van der Waals surface area contributed by atoms with Gasteiger partial charge in [0.25, 0.3) is 5.91 Å². The molecule has 2 rings (SSSR count). The van der Waals surface area contributed by atoms with E-state index in [1.807, 2.05) is 26.0 Å². The second-order valence-electron chi connectivity index (χ2n) is 9.26. The summed E-state index contributed by atoms with van der Waals surface area (Å²) >= 11 is 0. The fourth-order valence-electron chi connectivity index (χ4n) is 3.81. The van der Waals surface area contributed by atoms with Gasteiger partial charge in [0.2, 0.25) is 0 Å². The lowest BCUT2D eigenvalue weighted by Gasteiger charge is -2.32. The highest BCUT2D eigenvalue weighted by Gasteiger charge is 2.32. The monoisotopic (exact) mass is 484 g/mol. The molecule has 2 N–H and O–H groups in total. The number of allylic oxidation sites excluding steroid dienone is 2. The number of hydrogen-bond donors (Lipinski definition) is 2. The molecule has 1 unspecified atom stereocenters. The predicted molar refractivity (Wildman–Crippen MR) is 140 cm³/mol. The molecule has 0 aromatic heterocycles. The van der Waals surface area contributed by atoms with Crippen molar-refractivity contribution in [1.82, 2.24) is 10.3 Å². The molecule has 0 fully saturated rings. The van der Waals surface area contributed by atoms with Crippen LogP contribution in [0.15, 0.2) is 46.8 Å². The number of nitrogens with one attached hydrogen (secondary N) is 2. The summed E-state index contributed by atoms with van der Waals surface area (Å²) in [5.74, 6) is 0.516. The minimum Gasteiger partial charge on any atom is -0.493 e. The zero-order chi connectivity index (χ0) is 26.3. The molecule has 1 aliphatic heterocycles. The number of rotatable bonds is 11. The number of hydrogen-bond acceptors (Lipinski definition) is 7. The van der Waals surface area contributed by atoms with Gasteiger partial charge >= 0.3 is 5.97 Å². The van der Waals surface area contributed by atoms with E-state index in [9.17, 15) is 9.59 Å². The molecule has 8 heteroatoms. The van der Waals surface area contributed by atoms with Crippen LogP contribution in [-0.2, 0) is 14.3 Å². The Morgan fingerprint density at radius 1 is 1.29 bits per heavy atom. The van der Waals surface area contributed by atoms with E-state index in [0.717, 1.165) is 24.1 Å². The zero-order valence-electron chi connectivity index (χ0n) is 22.4. The Bertz CT molecular complexity index is 1030. The second kappa shape index (κ2) is 11.9. The molecule has 192 valence electrons. The Morgan fingerprint density at radius 2 is 1.97 bits per heavy atom. The Labute approximate surface area is 209 Å². The first-order chi connectivity index (χ1) is 16.5. The highest BCUT2D eigenvalue weighted by Crippen LogP contribution is 2.31. The first-order valence-corrected chi connectivity index (χ1v) is 12.2. The molecular formula is C27H40N4O4. The van der Waals surface area contributed by atoms with Gasteiger partial charge in [-0.25, -0.2) is 9.80 Å². The van der Waals surface area contributed by atoms with Gasteiger partial charge in [-0.1, -0.05) is 33.8 Å². The molecule has 0 saturated carbocycles. The van der Waals surface area contributed by atoms with E-state index >= 15 is 0 Å². The fraction of sp³-hybridized carbons (Fsp3) is 0.519. The van der Waals surface area contributed by atoms with Gasteiger partial charge in [-0.3, -0.25) is 4.79 Å². The Hall–Kier alpha value is -3.29. The predicted octanol–water partition coefficient (Wildman–Crippen LogP) is 5.18. The van der Waals surface area contributed by atoms with Crippen LogP contribution >= 0.6 is 0 Å². The lowest BCUT2D eigenvalue weighted by Crippen LogP contribution is -2.44. The van der Waals surface area contributed by atoms with Crippen LogP contribution in [0.5, 0.6) is 5.75 Å². The lowest BCUT2D eigenvalue weighted by atomic mass is 9.96. The summed E-state index contributed by atoms with van der Waals surface area (Å²) < 4.78 is 10.8. The van der Waals surface area contributed by atoms with E-state index in [0.29, 0.717) is 41.6 Å². The Balaban J connectivity index is 2.64. The number of benzene rings is 1. The van der Waals surface area contributed by atoms with Crippen molar-refractivity contribution in [2.45, 2.75) is 73.3 Å². The summed E-state index contributed by atoms with van der Waals surface area (Å²) in [6, 6.07) is 5.42. The molecule has 0 aliphatic carbocycles. The maximum atomic E-state index is 13.4. The number of carbonyl (C=O) groups is 2. The van der Waals surface area contributed by atoms with Gasteiger partial charge in [0.1, 0.15) is 17.0 Å². The number of ether oxygens (including phenoxy) is 2. The minimum absolute atomic E-state index is 0.219. The molecule has 1 amide bonds. The van der Waals surface area contributed by atoms with Crippen molar-refractivity contribution in [3.8, 4) is 5.75 Å². The Kier molecular flexibility index (Phi) is 9.51. The quantitative estimate of drug-likeness (QED) is 0.332. The third kappa shape index (κ3) is 6.44. The summed E-state index contributed by atoms with van der Waals surface area (Å²) in [5.41, 5.74) is 2.52. The third-order valence-electron chi connectivity index (χ3n) is 6.11. The average Bonchev–Trinajstić information content (AvgIpc) is 2.82. The molecule has 1 aromatic rings. The molecule has 1 heterocycles. The highest BCUT2D eigenvalue weighted by atomic mass is 16.5. The number of methoxy groups -OCH3 is 1. The van der Waals surface area contributed by atoms with Gasteiger partial charge in [-0.05, 0) is 70.2 Å². The number of hydrazone groups is 1. The number of anilines is 1. The van der Waals surface area contributed by atoms with Crippen molar-refractivity contribution in [3.63, 3.8) is 0 Å². The molecule has 0 bridgehead atoms. The average molecular weight is 485 g/mol. The highest BCUT2D eigenvalue weighted by molar-refractivity contribution is 6.15. The number of amides is 1. The van der Waals surface area contributed by atoms with Crippen LogP contribution in [-0.4, -0.2) is 42.0 Å². The van der Waals surface area contributed by atoms with E-state index < -0.39 is 11.5 Å². The van der Waals surface area contributed by atoms with Gasteiger partial charge in [0.05, 0.1) is 19.3 Å². The summed E-state index contributed by atoms with van der Waals surface area (Å²) in [7, 11) is 1.35. The molecule has 1 atom stereocenters. The van der Waals surface area contributed by atoms with Gasteiger partial charge in [-0.15, -0.1) is 5.10 Å². The fourth-order valence-corrected chi connectivity index (χ4v) is 3.81. The number of esters is 1. The molecule has 35 heavy (non-hydrogen) atoms. The van der Waals surface area contributed by atoms with Gasteiger partial charge < -0.3 is 20.1 Å². The van der Waals surface area contributed by atoms with Crippen LogP contribution in [0.25, 0.3) is 0 Å². The molecule has 1 aromatic carbocycles. The van der Waals surface area contributed by atoms with Crippen molar-refractivity contribution < 1.29 is 19.1 Å². The topological polar surface area (TPSA) is 92.3 Å². The standard InChI is InChI=1S/C27H40N4O4/c1-10-13-18(5)31-23(19(6)17(4)11-2)25(32)28-24(30-31)21-16-20(14-15-22(21)35-12-3)29-27(7,8)26(33)34-9/h14-17,29H,5,10-13H2,1-4,6-9H3,(H,28,30,32)/b23-19-. The molecule has 0 spiro atoms. The van der Waals surface area contributed by atoms with Crippen LogP contribution in [0, 0.1) is 5.92 Å². The van der Waals surface area contributed by atoms with E-state index in [1.165, 1.54) is 7.11 Å². The van der Waals surface area contributed by atoms with Crippen molar-refractivity contribution in [2.75, 3.05) is 19.0 Å². The molecule has 8 nitrogen and oxygen atoms in total. The number of nitrogens with zero attached hydrogens (tertiary/aromatic N) is 2. The van der Waals surface area contributed by atoms with E-state index in [2.05, 4.69) is 38.0 Å². The van der Waals surface area contributed by atoms with Gasteiger partial charge in [0, 0.05) is 11.4 Å². The maximum Gasteiger partial charge on any atom is 0.330 e. The maximum absolute atomic E-state index is 13.4. The SMILES string of the molecule is C=C(CCC)N1N=C(c2cc(NC(C)(C)C(=O)OC)ccc2OCC)NC(=O)/C1=C(\C)C(C)CC. The van der Waals surface area contributed by atoms with Crippen molar-refractivity contribution in [2.24, 2.45) is 11.0 Å². The summed E-state index contributed by atoms with van der Waals surface area (Å²) in [6.45, 7) is 18.3. The first kappa shape index (κ1) is 28.0. The van der Waals surface area contributed by atoms with Crippen LogP contribution < -0.4 is 15.4 Å². The lowest BCUT2D eigenvalue weighted by molar-refractivity contribution is -0.144. The second-order valence-corrected chi connectivity index (χ2v) is 9.26.